The number of hydrogen-bond acceptors (Lipinski definition) is 3. The standard InChI is InChI=1S/C25H31F5O3/c1-2-32-23(31)10-8-18-7-9-20(15-22(18)25(28,29)30)33-16-19-11-13-24(26,27)14-12-21(19)17-5-3-4-6-17/h7,9,15,17H,2-6,8,10-14,16H2,1H3. The molecule has 1 saturated carbocycles. The molecule has 0 unspecified atom stereocenters. The van der Waals surface area contributed by atoms with Crippen molar-refractivity contribution in [2.75, 3.05) is 13.2 Å². The molecule has 3 rings (SSSR count). The lowest BCUT2D eigenvalue weighted by molar-refractivity contribution is -0.144. The quantitative estimate of drug-likeness (QED) is 0.226. The number of allylic oxidation sites excluding steroid dienone is 1. The van der Waals surface area contributed by atoms with Gasteiger partial charge in [-0.05, 0) is 68.2 Å². The number of halogens is 5. The van der Waals surface area contributed by atoms with Gasteiger partial charge in [0.1, 0.15) is 12.4 Å². The topological polar surface area (TPSA) is 35.5 Å². The van der Waals surface area contributed by atoms with Crippen molar-refractivity contribution in [1.29, 1.82) is 0 Å². The van der Waals surface area contributed by atoms with E-state index in [0.29, 0.717) is 6.42 Å². The Kier molecular flexibility index (Phi) is 8.40. The van der Waals surface area contributed by atoms with Gasteiger partial charge in [0.25, 0.3) is 0 Å². The number of carbonyl (C=O) groups excluding carboxylic acids is 1. The van der Waals surface area contributed by atoms with Crippen LogP contribution in [0.4, 0.5) is 22.0 Å². The van der Waals surface area contributed by atoms with E-state index in [1.54, 1.807) is 6.92 Å². The second kappa shape index (κ2) is 10.9. The first kappa shape index (κ1) is 25.5. The normalized spacial score (nSPS) is 19.5. The zero-order valence-electron chi connectivity index (χ0n) is 18.9. The number of rotatable bonds is 8. The molecule has 3 nitrogen and oxygen atoms in total. The van der Waals surface area contributed by atoms with Crippen LogP contribution in [0.2, 0.25) is 0 Å². The summed E-state index contributed by atoms with van der Waals surface area (Å²) in [6, 6.07) is 3.68. The highest BCUT2D eigenvalue weighted by Gasteiger charge is 2.36. The molecule has 1 aromatic rings. The van der Waals surface area contributed by atoms with Crippen LogP contribution in [0.15, 0.2) is 29.3 Å². The lowest BCUT2D eigenvalue weighted by Gasteiger charge is -2.20. The third-order valence-electron chi connectivity index (χ3n) is 6.56. The summed E-state index contributed by atoms with van der Waals surface area (Å²) < 4.78 is 79.5. The average Bonchev–Trinajstić information content (AvgIpc) is 3.23. The third-order valence-corrected chi connectivity index (χ3v) is 6.56. The van der Waals surface area contributed by atoms with E-state index in [4.69, 9.17) is 9.47 Å². The third kappa shape index (κ3) is 7.18. The van der Waals surface area contributed by atoms with Gasteiger partial charge >= 0.3 is 12.1 Å². The summed E-state index contributed by atoms with van der Waals surface area (Å²) in [5.74, 6) is -2.97. The van der Waals surface area contributed by atoms with E-state index in [1.807, 2.05) is 0 Å². The lowest BCUT2D eigenvalue weighted by Crippen LogP contribution is -2.14. The van der Waals surface area contributed by atoms with E-state index in [1.165, 1.54) is 12.1 Å². The maximum absolute atomic E-state index is 14.0. The van der Waals surface area contributed by atoms with E-state index in [9.17, 15) is 26.7 Å². The van der Waals surface area contributed by atoms with Gasteiger partial charge in [-0.1, -0.05) is 24.5 Å². The molecule has 0 atom stereocenters. The Bertz CT molecular complexity index is 854. The van der Waals surface area contributed by atoms with Crippen molar-refractivity contribution in [1.82, 2.24) is 0 Å². The molecule has 0 amide bonds. The van der Waals surface area contributed by atoms with Crippen LogP contribution in [-0.2, 0) is 22.1 Å². The Morgan fingerprint density at radius 1 is 1.12 bits per heavy atom. The first-order chi connectivity index (χ1) is 15.6. The van der Waals surface area contributed by atoms with E-state index in [-0.39, 0.29) is 62.5 Å². The van der Waals surface area contributed by atoms with Crippen LogP contribution >= 0.6 is 0 Å². The van der Waals surface area contributed by atoms with Gasteiger partial charge in [-0.25, -0.2) is 8.78 Å². The molecule has 0 aromatic heterocycles. The molecule has 33 heavy (non-hydrogen) atoms. The molecule has 8 heteroatoms. The van der Waals surface area contributed by atoms with Crippen molar-refractivity contribution in [3.8, 4) is 5.75 Å². The molecule has 0 heterocycles. The minimum Gasteiger partial charge on any atom is -0.489 e. The van der Waals surface area contributed by atoms with Crippen LogP contribution in [0.3, 0.4) is 0 Å². The number of carbonyl (C=O) groups is 1. The Morgan fingerprint density at radius 2 is 1.82 bits per heavy atom. The predicted molar refractivity (Wildman–Crippen MR) is 114 cm³/mol. The molecule has 184 valence electrons. The molecule has 0 aliphatic heterocycles. The largest absolute Gasteiger partial charge is 0.489 e. The van der Waals surface area contributed by atoms with E-state index >= 15 is 0 Å². The van der Waals surface area contributed by atoms with Gasteiger partial charge in [0.05, 0.1) is 12.2 Å². The summed E-state index contributed by atoms with van der Waals surface area (Å²) in [5.41, 5.74) is 0.954. The summed E-state index contributed by atoms with van der Waals surface area (Å²) >= 11 is 0. The Balaban J connectivity index is 1.76. The van der Waals surface area contributed by atoms with E-state index in [2.05, 4.69) is 0 Å². The molecule has 2 aliphatic carbocycles. The van der Waals surface area contributed by atoms with Gasteiger partial charge in [0.15, 0.2) is 0 Å². The summed E-state index contributed by atoms with van der Waals surface area (Å²) in [4.78, 5) is 11.5. The fourth-order valence-corrected chi connectivity index (χ4v) is 4.81. The molecule has 0 bridgehead atoms. The Labute approximate surface area is 191 Å². The summed E-state index contributed by atoms with van der Waals surface area (Å²) in [5, 5.41) is 0. The second-order valence-electron chi connectivity index (χ2n) is 8.88. The summed E-state index contributed by atoms with van der Waals surface area (Å²) in [7, 11) is 0. The fourth-order valence-electron chi connectivity index (χ4n) is 4.81. The molecule has 0 N–H and O–H groups in total. The summed E-state index contributed by atoms with van der Waals surface area (Å²) in [6.07, 6.45) is -0.708. The van der Waals surface area contributed by atoms with Crippen LogP contribution in [0.25, 0.3) is 0 Å². The number of aryl methyl sites for hydroxylation is 1. The molecule has 1 aromatic carbocycles. The number of hydrogen-bond donors (Lipinski definition) is 0. The molecule has 2 aliphatic rings. The minimum absolute atomic E-state index is 0.0112. The minimum atomic E-state index is -4.61. The van der Waals surface area contributed by atoms with Crippen molar-refractivity contribution in [2.45, 2.75) is 83.2 Å². The predicted octanol–water partition coefficient (Wildman–Crippen LogP) is 7.28. The van der Waals surface area contributed by atoms with Gasteiger partial charge in [0, 0.05) is 19.3 Å². The van der Waals surface area contributed by atoms with Crippen LogP contribution in [0, 0.1) is 5.92 Å². The van der Waals surface area contributed by atoms with Crippen LogP contribution in [-0.4, -0.2) is 25.1 Å². The maximum Gasteiger partial charge on any atom is 0.416 e. The highest BCUT2D eigenvalue weighted by molar-refractivity contribution is 5.69. The Hall–Kier alpha value is -2.12. The fraction of sp³-hybridized carbons (Fsp3) is 0.640. The first-order valence-corrected chi connectivity index (χ1v) is 11.7. The SMILES string of the molecule is CCOC(=O)CCc1ccc(OCC2=C(C3CCCC3)CCC(F)(F)CC2)cc1C(F)(F)F. The first-order valence-electron chi connectivity index (χ1n) is 11.7. The van der Waals surface area contributed by atoms with Gasteiger partial charge < -0.3 is 9.47 Å². The van der Waals surface area contributed by atoms with Crippen molar-refractivity contribution >= 4 is 5.97 Å². The zero-order valence-corrected chi connectivity index (χ0v) is 18.9. The maximum atomic E-state index is 14.0. The smallest absolute Gasteiger partial charge is 0.416 e. The van der Waals surface area contributed by atoms with E-state index < -0.39 is 23.6 Å². The van der Waals surface area contributed by atoms with Gasteiger partial charge in [-0.2, -0.15) is 13.2 Å². The van der Waals surface area contributed by atoms with Gasteiger partial charge in [-0.3, -0.25) is 4.79 Å². The van der Waals surface area contributed by atoms with Crippen molar-refractivity contribution in [3.63, 3.8) is 0 Å². The van der Waals surface area contributed by atoms with Crippen molar-refractivity contribution < 1.29 is 36.2 Å². The highest BCUT2D eigenvalue weighted by atomic mass is 19.4. The zero-order chi connectivity index (χ0) is 24.1. The van der Waals surface area contributed by atoms with Gasteiger partial charge in [0.2, 0.25) is 5.92 Å². The average molecular weight is 475 g/mol. The molecule has 0 radical (unpaired) electrons. The Morgan fingerprint density at radius 3 is 2.48 bits per heavy atom. The summed E-state index contributed by atoms with van der Waals surface area (Å²) in [6.45, 7) is 1.82. The monoisotopic (exact) mass is 474 g/mol. The molecular formula is C25H31F5O3. The van der Waals surface area contributed by atoms with Crippen LogP contribution in [0.1, 0.15) is 75.8 Å². The molecule has 0 saturated heterocycles. The molecule has 0 spiro atoms. The van der Waals surface area contributed by atoms with Crippen molar-refractivity contribution in [3.05, 3.63) is 40.5 Å². The molecule has 1 fully saturated rings. The number of alkyl halides is 5. The van der Waals surface area contributed by atoms with Crippen LogP contribution in [0.5, 0.6) is 5.75 Å². The number of benzene rings is 1. The second-order valence-corrected chi connectivity index (χ2v) is 8.88. The highest BCUT2D eigenvalue weighted by Crippen LogP contribution is 2.42. The number of ether oxygens (including phenoxy) is 2. The molecular weight excluding hydrogens is 443 g/mol. The number of esters is 1. The van der Waals surface area contributed by atoms with Gasteiger partial charge in [-0.15, -0.1) is 0 Å². The van der Waals surface area contributed by atoms with E-state index in [0.717, 1.165) is 42.9 Å². The van der Waals surface area contributed by atoms with Crippen LogP contribution < -0.4 is 4.74 Å². The van der Waals surface area contributed by atoms with Crippen molar-refractivity contribution in [2.24, 2.45) is 5.92 Å². The lowest BCUT2D eigenvalue weighted by atomic mass is 9.89.